The lowest BCUT2D eigenvalue weighted by Gasteiger charge is -2.33. The summed E-state index contributed by atoms with van der Waals surface area (Å²) in [5.74, 6) is 0.452. The fraction of sp³-hybridized carbons (Fsp3) is 0.550. The average Bonchev–Trinajstić information content (AvgIpc) is 3.34. The number of hydrogen-bond acceptors (Lipinski definition) is 6. The molecule has 3 aromatic rings. The van der Waals surface area contributed by atoms with Gasteiger partial charge in [0.05, 0.1) is 0 Å². The van der Waals surface area contributed by atoms with Crippen LogP contribution in [0.15, 0.2) is 22.3 Å². The number of carbonyl (C=O) groups is 1. The number of nitrogens with zero attached hydrogens (tertiary/aromatic N) is 4. The Labute approximate surface area is 172 Å². The minimum Gasteiger partial charge on any atom is -0.377 e. The van der Waals surface area contributed by atoms with Crippen molar-refractivity contribution in [3.8, 4) is 0 Å². The molecule has 0 bridgehead atoms. The van der Waals surface area contributed by atoms with Gasteiger partial charge in [-0.25, -0.2) is 4.68 Å². The van der Waals surface area contributed by atoms with Crippen molar-refractivity contribution in [1.82, 2.24) is 24.4 Å². The number of thiophene rings is 1. The predicted molar refractivity (Wildman–Crippen MR) is 111 cm³/mol. The minimum absolute atomic E-state index is 0.0786. The Hall–Kier alpha value is -2.23. The normalized spacial score (nSPS) is 20.5. The number of rotatable bonds is 6. The van der Waals surface area contributed by atoms with E-state index in [-0.39, 0.29) is 30.7 Å². The SMILES string of the molecule is COCc1nn(CC(=O)NC2CCCN(C3CC3)C2)c(=O)c2cc3ccsc3n12. The van der Waals surface area contributed by atoms with Crippen molar-refractivity contribution in [1.29, 1.82) is 0 Å². The number of ether oxygens (including phenoxy) is 1. The molecular weight excluding hydrogens is 390 g/mol. The Balaban J connectivity index is 1.38. The van der Waals surface area contributed by atoms with Crippen molar-refractivity contribution in [3.05, 3.63) is 33.7 Å². The van der Waals surface area contributed by atoms with E-state index in [1.54, 1.807) is 18.4 Å². The van der Waals surface area contributed by atoms with Gasteiger partial charge >= 0.3 is 0 Å². The summed E-state index contributed by atoms with van der Waals surface area (Å²) in [6, 6.07) is 4.70. The molecule has 1 saturated carbocycles. The van der Waals surface area contributed by atoms with Gasteiger partial charge in [0.25, 0.3) is 5.56 Å². The molecule has 0 aromatic carbocycles. The van der Waals surface area contributed by atoms with Crippen LogP contribution >= 0.6 is 11.3 Å². The molecule has 29 heavy (non-hydrogen) atoms. The number of amides is 1. The molecule has 1 aliphatic heterocycles. The highest BCUT2D eigenvalue weighted by atomic mass is 32.1. The van der Waals surface area contributed by atoms with E-state index in [1.807, 2.05) is 21.9 Å². The first kappa shape index (κ1) is 18.8. The molecule has 1 atom stereocenters. The van der Waals surface area contributed by atoms with Gasteiger partial charge in [-0.15, -0.1) is 11.3 Å². The van der Waals surface area contributed by atoms with E-state index in [0.717, 1.165) is 36.1 Å². The van der Waals surface area contributed by atoms with E-state index in [1.165, 1.54) is 17.5 Å². The first-order chi connectivity index (χ1) is 14.1. The van der Waals surface area contributed by atoms with E-state index in [4.69, 9.17) is 4.74 Å². The fourth-order valence-electron chi connectivity index (χ4n) is 4.33. The quantitative estimate of drug-likeness (QED) is 0.661. The zero-order valence-corrected chi connectivity index (χ0v) is 17.3. The van der Waals surface area contributed by atoms with Gasteiger partial charge < -0.3 is 10.1 Å². The van der Waals surface area contributed by atoms with Crippen LogP contribution in [0.25, 0.3) is 15.7 Å². The molecule has 1 aliphatic carbocycles. The van der Waals surface area contributed by atoms with Crippen LogP contribution in [-0.2, 0) is 22.7 Å². The van der Waals surface area contributed by atoms with Crippen LogP contribution in [-0.4, -0.2) is 57.3 Å². The second kappa shape index (κ2) is 7.55. The van der Waals surface area contributed by atoms with E-state index in [9.17, 15) is 9.59 Å². The van der Waals surface area contributed by atoms with E-state index >= 15 is 0 Å². The molecule has 154 valence electrons. The second-order valence-corrected chi connectivity index (χ2v) is 8.89. The number of nitrogens with one attached hydrogen (secondary N) is 1. The lowest BCUT2D eigenvalue weighted by Crippen LogP contribution is -2.49. The summed E-state index contributed by atoms with van der Waals surface area (Å²) in [6.07, 6.45) is 4.64. The first-order valence-corrected chi connectivity index (χ1v) is 11.0. The number of likely N-dealkylation sites (tertiary alicyclic amines) is 1. The highest BCUT2D eigenvalue weighted by molar-refractivity contribution is 7.16. The smallest absolute Gasteiger partial charge is 0.291 e. The Morgan fingerprint density at radius 3 is 3.03 bits per heavy atom. The van der Waals surface area contributed by atoms with Gasteiger partial charge in [0.15, 0.2) is 5.82 Å². The topological polar surface area (TPSA) is 80.9 Å². The molecule has 2 fully saturated rings. The first-order valence-electron chi connectivity index (χ1n) is 10.1. The largest absolute Gasteiger partial charge is 0.377 e. The Morgan fingerprint density at radius 2 is 2.24 bits per heavy atom. The van der Waals surface area contributed by atoms with Gasteiger partial charge in [0.2, 0.25) is 5.91 Å². The Morgan fingerprint density at radius 1 is 1.38 bits per heavy atom. The van der Waals surface area contributed by atoms with Crippen molar-refractivity contribution in [2.24, 2.45) is 0 Å². The molecule has 1 unspecified atom stereocenters. The van der Waals surface area contributed by atoms with Crippen LogP contribution in [0.3, 0.4) is 0 Å². The highest BCUT2D eigenvalue weighted by Crippen LogP contribution is 2.29. The number of fused-ring (bicyclic) bond motifs is 3. The lowest BCUT2D eigenvalue weighted by atomic mass is 10.1. The highest BCUT2D eigenvalue weighted by Gasteiger charge is 2.33. The molecule has 3 aromatic heterocycles. The number of aromatic nitrogens is 3. The van der Waals surface area contributed by atoms with Gasteiger partial charge in [-0.05, 0) is 49.7 Å². The van der Waals surface area contributed by atoms with E-state index in [2.05, 4.69) is 15.3 Å². The van der Waals surface area contributed by atoms with Crippen molar-refractivity contribution in [2.45, 2.75) is 50.9 Å². The monoisotopic (exact) mass is 415 g/mol. The zero-order valence-electron chi connectivity index (χ0n) is 16.5. The van der Waals surface area contributed by atoms with Crippen LogP contribution in [0, 0.1) is 0 Å². The zero-order chi connectivity index (χ0) is 20.0. The number of hydrogen-bond donors (Lipinski definition) is 1. The molecule has 8 nitrogen and oxygen atoms in total. The van der Waals surface area contributed by atoms with Gasteiger partial charge in [0.1, 0.15) is 23.5 Å². The third-order valence-electron chi connectivity index (χ3n) is 5.81. The van der Waals surface area contributed by atoms with Crippen LogP contribution < -0.4 is 10.9 Å². The number of piperidine rings is 1. The second-order valence-electron chi connectivity index (χ2n) is 7.99. The maximum atomic E-state index is 13.0. The molecule has 5 rings (SSSR count). The average molecular weight is 416 g/mol. The molecule has 2 aliphatic rings. The summed E-state index contributed by atoms with van der Waals surface area (Å²) in [6.45, 7) is 2.21. The molecule has 4 heterocycles. The maximum absolute atomic E-state index is 13.0. The summed E-state index contributed by atoms with van der Waals surface area (Å²) in [5.41, 5.74) is 0.269. The standard InChI is InChI=1S/C20H25N5O3S/c1-28-12-17-22-24(19(27)16-9-13-6-8-29-20(13)25(16)17)11-18(26)21-14-3-2-7-23(10-14)15-4-5-15/h6,8-9,14-15H,2-5,7,10-12H2,1H3,(H,21,26). The molecule has 9 heteroatoms. The summed E-state index contributed by atoms with van der Waals surface area (Å²) < 4.78 is 8.40. The van der Waals surface area contributed by atoms with Crippen LogP contribution in [0.5, 0.6) is 0 Å². The summed E-state index contributed by atoms with van der Waals surface area (Å²) in [5, 5.41) is 10.6. The summed E-state index contributed by atoms with van der Waals surface area (Å²) in [7, 11) is 1.60. The van der Waals surface area contributed by atoms with Crippen LogP contribution in [0.1, 0.15) is 31.5 Å². The van der Waals surface area contributed by atoms with Gasteiger partial charge in [0, 0.05) is 31.1 Å². The van der Waals surface area contributed by atoms with Gasteiger partial charge in [-0.1, -0.05) is 0 Å². The molecule has 0 radical (unpaired) electrons. The maximum Gasteiger partial charge on any atom is 0.291 e. The fourth-order valence-corrected chi connectivity index (χ4v) is 5.25. The summed E-state index contributed by atoms with van der Waals surface area (Å²) in [4.78, 5) is 29.1. The van der Waals surface area contributed by atoms with Gasteiger partial charge in [-0.2, -0.15) is 5.10 Å². The van der Waals surface area contributed by atoms with Crippen molar-refractivity contribution >= 4 is 33.0 Å². The van der Waals surface area contributed by atoms with E-state index < -0.39 is 0 Å². The Bertz CT molecular complexity index is 1110. The van der Waals surface area contributed by atoms with Gasteiger partial charge in [-0.3, -0.25) is 18.9 Å². The van der Waals surface area contributed by atoms with E-state index in [0.29, 0.717) is 17.4 Å². The van der Waals surface area contributed by atoms with Crippen LogP contribution in [0.2, 0.25) is 0 Å². The molecule has 1 saturated heterocycles. The third kappa shape index (κ3) is 3.58. The molecule has 1 amide bonds. The molecule has 0 spiro atoms. The molecule has 1 N–H and O–H groups in total. The van der Waals surface area contributed by atoms with Crippen molar-refractivity contribution in [3.63, 3.8) is 0 Å². The lowest BCUT2D eigenvalue weighted by molar-refractivity contribution is -0.123. The van der Waals surface area contributed by atoms with Crippen molar-refractivity contribution in [2.75, 3.05) is 20.2 Å². The number of methoxy groups -OCH3 is 1. The minimum atomic E-state index is -0.258. The van der Waals surface area contributed by atoms with Crippen molar-refractivity contribution < 1.29 is 9.53 Å². The molecular formula is C20H25N5O3S. The third-order valence-corrected chi connectivity index (χ3v) is 6.72. The summed E-state index contributed by atoms with van der Waals surface area (Å²) >= 11 is 1.56. The number of carbonyl (C=O) groups excluding carboxylic acids is 1. The van der Waals surface area contributed by atoms with Crippen LogP contribution in [0.4, 0.5) is 0 Å². The predicted octanol–water partition coefficient (Wildman–Crippen LogP) is 1.60. The Kier molecular flexibility index (Phi) is 4.89.